The molecule has 1 aromatic carbocycles. The highest BCUT2D eigenvalue weighted by molar-refractivity contribution is 5.82. The quantitative estimate of drug-likeness (QED) is 0.588. The van der Waals surface area contributed by atoms with Crippen LogP contribution in [0.2, 0.25) is 0 Å². The average molecular weight is 299 g/mol. The largest absolute Gasteiger partial charge is 0.350 e. The van der Waals surface area contributed by atoms with Gasteiger partial charge in [0.05, 0.1) is 17.9 Å². The van der Waals surface area contributed by atoms with Crippen molar-refractivity contribution in [2.75, 3.05) is 13.1 Å². The number of hydrogen-bond acceptors (Lipinski definition) is 3. The molecule has 3 heteroatoms. The van der Waals surface area contributed by atoms with Gasteiger partial charge in [0.1, 0.15) is 0 Å². The summed E-state index contributed by atoms with van der Waals surface area (Å²) in [4.78, 5) is 7.40. The third kappa shape index (κ3) is 4.44. The first-order chi connectivity index (χ1) is 10.6. The zero-order valence-corrected chi connectivity index (χ0v) is 14.1. The molecule has 1 N–H and O–H groups in total. The Hall–Kier alpha value is -1.61. The second kappa shape index (κ2) is 8.14. The molecule has 1 heterocycles. The topological polar surface area (TPSA) is 27.6 Å². The van der Waals surface area contributed by atoms with E-state index in [4.69, 9.17) is 4.99 Å². The summed E-state index contributed by atoms with van der Waals surface area (Å²) in [5, 5.41) is 3.48. The highest BCUT2D eigenvalue weighted by Crippen LogP contribution is 2.25. The van der Waals surface area contributed by atoms with E-state index < -0.39 is 0 Å². The van der Waals surface area contributed by atoms with E-state index in [1.54, 1.807) is 0 Å². The van der Waals surface area contributed by atoms with Gasteiger partial charge in [-0.2, -0.15) is 0 Å². The number of benzene rings is 1. The lowest BCUT2D eigenvalue weighted by atomic mass is 9.97. The molecule has 0 aromatic heterocycles. The van der Waals surface area contributed by atoms with Crippen LogP contribution in [0.25, 0.3) is 0 Å². The maximum atomic E-state index is 4.94. The van der Waals surface area contributed by atoms with E-state index in [1.165, 1.54) is 11.4 Å². The Labute approximate surface area is 135 Å². The van der Waals surface area contributed by atoms with E-state index in [9.17, 15) is 0 Å². The van der Waals surface area contributed by atoms with Crippen LogP contribution in [0.5, 0.6) is 0 Å². The molecule has 0 unspecified atom stereocenters. The smallest absolute Gasteiger partial charge is 0.0968 e. The van der Waals surface area contributed by atoms with Crippen molar-refractivity contribution in [3.05, 3.63) is 48.6 Å². The Morgan fingerprint density at radius 1 is 1.32 bits per heavy atom. The minimum atomic E-state index is 0.390. The predicted molar refractivity (Wildman–Crippen MR) is 95.2 cm³/mol. The van der Waals surface area contributed by atoms with Gasteiger partial charge in [-0.3, -0.25) is 4.99 Å². The molecule has 3 nitrogen and oxygen atoms in total. The minimum absolute atomic E-state index is 0.390. The van der Waals surface area contributed by atoms with Gasteiger partial charge in [0.2, 0.25) is 0 Å². The van der Waals surface area contributed by atoms with Gasteiger partial charge in [0, 0.05) is 19.6 Å². The van der Waals surface area contributed by atoms with Gasteiger partial charge in [-0.05, 0) is 24.8 Å². The van der Waals surface area contributed by atoms with E-state index in [1.807, 2.05) is 6.08 Å². The normalized spacial score (nSPS) is 21.3. The first-order valence-electron chi connectivity index (χ1n) is 8.28. The number of rotatable bonds is 8. The maximum absolute atomic E-state index is 4.94. The number of amidine groups is 1. The van der Waals surface area contributed by atoms with Crippen molar-refractivity contribution in [3.63, 3.8) is 0 Å². The fraction of sp³-hybridized carbons (Fsp3) is 0.526. The Balaban J connectivity index is 2.09. The van der Waals surface area contributed by atoms with E-state index in [2.05, 4.69) is 67.9 Å². The summed E-state index contributed by atoms with van der Waals surface area (Å²) in [6, 6.07) is 11.5. The fourth-order valence-corrected chi connectivity index (χ4v) is 3.13. The monoisotopic (exact) mass is 299 g/mol. The molecule has 0 amide bonds. The molecule has 0 spiro atoms. The Morgan fingerprint density at radius 3 is 2.68 bits per heavy atom. The van der Waals surface area contributed by atoms with Crippen molar-refractivity contribution in [3.8, 4) is 0 Å². The summed E-state index contributed by atoms with van der Waals surface area (Å²) in [5.74, 6) is 1.83. The summed E-state index contributed by atoms with van der Waals surface area (Å²) >= 11 is 0. The van der Waals surface area contributed by atoms with Crippen molar-refractivity contribution in [2.24, 2.45) is 10.9 Å². The number of aliphatic imine (C=N–C) groups is 1. The average Bonchev–Trinajstić information content (AvgIpc) is 2.76. The van der Waals surface area contributed by atoms with Crippen LogP contribution in [0.4, 0.5) is 0 Å². The molecule has 2 rings (SSSR count). The zero-order valence-electron chi connectivity index (χ0n) is 14.1. The van der Waals surface area contributed by atoms with Gasteiger partial charge in [0.15, 0.2) is 0 Å². The van der Waals surface area contributed by atoms with Crippen molar-refractivity contribution < 1.29 is 0 Å². The molecule has 1 aliphatic heterocycles. The lowest BCUT2D eigenvalue weighted by Gasteiger charge is -2.31. The Morgan fingerprint density at radius 2 is 2.05 bits per heavy atom. The molecule has 0 bridgehead atoms. The molecule has 0 saturated heterocycles. The summed E-state index contributed by atoms with van der Waals surface area (Å²) < 4.78 is 0. The van der Waals surface area contributed by atoms with Crippen LogP contribution in [0, 0.1) is 5.92 Å². The molecule has 2 atom stereocenters. The van der Waals surface area contributed by atoms with Crippen molar-refractivity contribution in [2.45, 2.75) is 45.8 Å². The van der Waals surface area contributed by atoms with E-state index >= 15 is 0 Å². The third-order valence-electron chi connectivity index (χ3n) is 4.16. The van der Waals surface area contributed by atoms with Gasteiger partial charge in [-0.1, -0.05) is 50.3 Å². The standard InChI is InChI=1S/C19H29N3/c1-5-11-20-13-19-18(12-15(2)3)21-16(4)22(19)14-17-9-7-6-8-10-17/h5-10,15,18-20H,1,11-14H2,2-4H3/t18-,19-/m1/s1. The van der Waals surface area contributed by atoms with Crippen LogP contribution >= 0.6 is 0 Å². The zero-order chi connectivity index (χ0) is 15.9. The van der Waals surface area contributed by atoms with Crippen LogP contribution in [-0.4, -0.2) is 35.9 Å². The number of hydrogen-bond donors (Lipinski definition) is 1. The molecule has 1 aliphatic rings. The summed E-state index contributed by atoms with van der Waals surface area (Å²) in [6.45, 7) is 13.2. The van der Waals surface area contributed by atoms with Gasteiger partial charge >= 0.3 is 0 Å². The number of nitrogens with zero attached hydrogens (tertiary/aromatic N) is 2. The molecular formula is C19H29N3. The number of nitrogens with one attached hydrogen (secondary N) is 1. The van der Waals surface area contributed by atoms with Gasteiger partial charge in [-0.25, -0.2) is 0 Å². The highest BCUT2D eigenvalue weighted by atomic mass is 15.3. The van der Waals surface area contributed by atoms with Crippen LogP contribution in [0.3, 0.4) is 0 Å². The van der Waals surface area contributed by atoms with E-state index in [0.717, 1.165) is 26.1 Å². The molecule has 22 heavy (non-hydrogen) atoms. The maximum Gasteiger partial charge on any atom is 0.0968 e. The Bertz CT molecular complexity index is 493. The Kier molecular flexibility index (Phi) is 6.20. The first kappa shape index (κ1) is 16.8. The van der Waals surface area contributed by atoms with Crippen LogP contribution in [0.15, 0.2) is 48.0 Å². The van der Waals surface area contributed by atoms with Gasteiger partial charge in [0.25, 0.3) is 0 Å². The van der Waals surface area contributed by atoms with E-state index in [-0.39, 0.29) is 0 Å². The van der Waals surface area contributed by atoms with Crippen LogP contribution in [-0.2, 0) is 6.54 Å². The molecule has 0 aliphatic carbocycles. The summed E-state index contributed by atoms with van der Waals surface area (Å²) in [6.07, 6.45) is 3.06. The van der Waals surface area contributed by atoms with Gasteiger partial charge in [-0.15, -0.1) is 6.58 Å². The molecule has 0 radical (unpaired) electrons. The van der Waals surface area contributed by atoms with Gasteiger partial charge < -0.3 is 10.2 Å². The van der Waals surface area contributed by atoms with Crippen LogP contribution in [0.1, 0.15) is 32.8 Å². The molecule has 0 saturated carbocycles. The lowest BCUT2D eigenvalue weighted by molar-refractivity contribution is 0.270. The molecular weight excluding hydrogens is 270 g/mol. The first-order valence-corrected chi connectivity index (χ1v) is 8.28. The van der Waals surface area contributed by atoms with Crippen molar-refractivity contribution in [1.82, 2.24) is 10.2 Å². The predicted octanol–water partition coefficient (Wildman–Crippen LogP) is 3.48. The lowest BCUT2D eigenvalue weighted by Crippen LogP contribution is -2.45. The molecule has 0 fully saturated rings. The van der Waals surface area contributed by atoms with Crippen molar-refractivity contribution in [1.29, 1.82) is 0 Å². The third-order valence-corrected chi connectivity index (χ3v) is 4.16. The van der Waals surface area contributed by atoms with E-state index in [0.29, 0.717) is 18.0 Å². The summed E-state index contributed by atoms with van der Waals surface area (Å²) in [7, 11) is 0. The second-order valence-corrected chi connectivity index (χ2v) is 6.50. The second-order valence-electron chi connectivity index (χ2n) is 6.50. The SMILES string of the molecule is C=CCNC[C@@H]1[C@@H](CC(C)C)N=C(C)N1Cc1ccccc1. The van der Waals surface area contributed by atoms with Crippen LogP contribution < -0.4 is 5.32 Å². The molecule has 1 aromatic rings. The van der Waals surface area contributed by atoms with Crippen molar-refractivity contribution >= 4 is 5.84 Å². The minimum Gasteiger partial charge on any atom is -0.350 e. The summed E-state index contributed by atoms with van der Waals surface area (Å²) in [5.41, 5.74) is 1.34. The fourth-order valence-electron chi connectivity index (χ4n) is 3.13. The molecule has 120 valence electrons. The highest BCUT2D eigenvalue weighted by Gasteiger charge is 2.33.